The predicted molar refractivity (Wildman–Crippen MR) is 146 cm³/mol. The summed E-state index contributed by atoms with van der Waals surface area (Å²) in [6, 6.07) is 8.63. The number of fused-ring (bicyclic) bond motifs is 2. The van der Waals surface area contributed by atoms with E-state index in [1.54, 1.807) is 12.3 Å². The molecule has 0 bridgehead atoms. The van der Waals surface area contributed by atoms with Gasteiger partial charge in [-0.2, -0.15) is 0 Å². The van der Waals surface area contributed by atoms with Gasteiger partial charge in [0.15, 0.2) is 0 Å². The number of ether oxygens (including phenoxy) is 2. The molecule has 6 rings (SSSR count). The number of sulfonamides is 1. The summed E-state index contributed by atoms with van der Waals surface area (Å²) in [7, 11) is -1.99. The van der Waals surface area contributed by atoms with Gasteiger partial charge in [0.2, 0.25) is 5.88 Å². The molecule has 1 fully saturated rings. The van der Waals surface area contributed by atoms with Gasteiger partial charge in [-0.1, -0.05) is 12.1 Å². The van der Waals surface area contributed by atoms with E-state index in [9.17, 15) is 13.2 Å². The van der Waals surface area contributed by atoms with Crippen LogP contribution in [0.2, 0.25) is 0 Å². The topological polar surface area (TPSA) is 110 Å². The Labute approximate surface area is 248 Å². The molecule has 3 aliphatic rings. The number of benzene rings is 1. The third kappa shape index (κ3) is 5.65. The maximum atomic E-state index is 13.1. The standard InChI is InChI=1S/C26H28N4O5S2.Na/c1-30-10-8-22-18(13-30)12-24(36-22)37(32,33)29-26(31)28-25-20-4-2-3-16(20)5-6-21(25)17-7-9-27-23(11-17)35-19-14-34-15-19;/h5-7,9,11-12,19H,2-4,8,10,13-15H2,1H3,(H2,28,29,31);. The van der Waals surface area contributed by atoms with E-state index in [1.807, 2.05) is 25.2 Å². The fraction of sp³-hybridized carbons (Fsp3) is 0.385. The Morgan fingerprint density at radius 3 is 2.79 bits per heavy atom. The first-order chi connectivity index (χ1) is 17.9. The van der Waals surface area contributed by atoms with Gasteiger partial charge in [-0.25, -0.2) is 22.9 Å². The number of rotatable bonds is 6. The van der Waals surface area contributed by atoms with Crippen molar-refractivity contribution in [3.05, 3.63) is 58.1 Å². The molecule has 9 nitrogen and oxygen atoms in total. The summed E-state index contributed by atoms with van der Waals surface area (Å²) in [5.41, 5.74) is 5.44. The molecule has 1 aliphatic carbocycles. The maximum Gasteiger partial charge on any atom is 0.333 e. The average Bonchev–Trinajstić information content (AvgIpc) is 3.49. The van der Waals surface area contributed by atoms with Crippen molar-refractivity contribution in [1.82, 2.24) is 14.6 Å². The number of hydrogen-bond donors (Lipinski definition) is 2. The molecule has 0 atom stereocenters. The number of amides is 2. The number of pyridine rings is 1. The zero-order valence-corrected chi connectivity index (χ0v) is 25.1. The number of aromatic nitrogens is 1. The van der Waals surface area contributed by atoms with Gasteiger partial charge in [-0.3, -0.25) is 0 Å². The third-order valence-corrected chi connectivity index (χ3v) is 10.0. The molecule has 1 saturated heterocycles. The minimum atomic E-state index is -4.00. The number of hydrogen-bond acceptors (Lipinski definition) is 8. The number of likely N-dealkylation sites (N-methyl/N-ethyl adjacent to an activating group) is 1. The van der Waals surface area contributed by atoms with Gasteiger partial charge in [-0.15, -0.1) is 11.3 Å². The molecule has 38 heavy (non-hydrogen) atoms. The summed E-state index contributed by atoms with van der Waals surface area (Å²) < 4.78 is 39.6. The van der Waals surface area contributed by atoms with E-state index >= 15 is 0 Å². The second-order valence-electron chi connectivity index (χ2n) is 9.70. The van der Waals surface area contributed by atoms with Crippen LogP contribution >= 0.6 is 11.3 Å². The number of carbonyl (C=O) groups excluding carboxylic acids is 1. The van der Waals surface area contributed by atoms with Gasteiger partial charge in [0.05, 0.1) is 18.9 Å². The second kappa shape index (κ2) is 11.2. The van der Waals surface area contributed by atoms with E-state index in [-0.39, 0.29) is 39.9 Å². The molecule has 2 amide bonds. The van der Waals surface area contributed by atoms with E-state index < -0.39 is 16.1 Å². The molecule has 0 saturated carbocycles. The Hall–Kier alpha value is -1.99. The van der Waals surface area contributed by atoms with Gasteiger partial charge < -0.3 is 19.7 Å². The molecule has 2 aromatic heterocycles. The zero-order chi connectivity index (χ0) is 25.6. The monoisotopic (exact) mass is 563 g/mol. The largest absolute Gasteiger partial charge is 0.469 e. The van der Waals surface area contributed by atoms with Crippen LogP contribution in [0.1, 0.15) is 28.0 Å². The molecular formula is C26H28N4NaO5S2. The van der Waals surface area contributed by atoms with E-state index in [0.29, 0.717) is 31.3 Å². The van der Waals surface area contributed by atoms with Crippen molar-refractivity contribution < 1.29 is 22.7 Å². The summed E-state index contributed by atoms with van der Waals surface area (Å²) in [6.45, 7) is 2.67. The van der Waals surface area contributed by atoms with Crippen molar-refractivity contribution in [2.24, 2.45) is 0 Å². The Morgan fingerprint density at radius 1 is 1.16 bits per heavy atom. The molecular weight excluding hydrogens is 535 g/mol. The molecule has 1 aromatic carbocycles. The van der Waals surface area contributed by atoms with Crippen molar-refractivity contribution in [3.8, 4) is 17.0 Å². The summed E-state index contributed by atoms with van der Waals surface area (Å²) in [4.78, 5) is 20.6. The number of urea groups is 1. The van der Waals surface area contributed by atoms with Crippen molar-refractivity contribution in [2.75, 3.05) is 32.1 Å². The number of carbonyl (C=O) groups is 1. The van der Waals surface area contributed by atoms with Crippen LogP contribution in [0.15, 0.2) is 40.7 Å². The molecule has 12 heteroatoms. The molecule has 4 heterocycles. The van der Waals surface area contributed by atoms with Gasteiger partial charge in [0, 0.05) is 65.4 Å². The van der Waals surface area contributed by atoms with Gasteiger partial charge in [-0.05, 0) is 67.1 Å². The van der Waals surface area contributed by atoms with E-state index in [4.69, 9.17) is 9.47 Å². The van der Waals surface area contributed by atoms with Gasteiger partial charge in [0.1, 0.15) is 10.3 Å². The smallest absolute Gasteiger partial charge is 0.333 e. The van der Waals surface area contributed by atoms with Crippen LogP contribution in [0.5, 0.6) is 5.88 Å². The van der Waals surface area contributed by atoms with Crippen LogP contribution < -0.4 is 14.8 Å². The first-order valence-corrected chi connectivity index (χ1v) is 14.7. The van der Waals surface area contributed by atoms with Crippen molar-refractivity contribution >= 4 is 62.6 Å². The molecule has 0 unspecified atom stereocenters. The molecule has 0 spiro atoms. The van der Waals surface area contributed by atoms with Crippen molar-refractivity contribution in [3.63, 3.8) is 0 Å². The van der Waals surface area contributed by atoms with Crippen LogP contribution in [0, 0.1) is 0 Å². The molecule has 2 aliphatic heterocycles. The number of nitrogens with one attached hydrogen (secondary N) is 2. The maximum absolute atomic E-state index is 13.1. The van der Waals surface area contributed by atoms with Gasteiger partial charge >= 0.3 is 6.03 Å². The number of nitrogens with zero attached hydrogens (tertiary/aromatic N) is 2. The minimum Gasteiger partial charge on any atom is -0.469 e. The SMILES string of the molecule is CN1CCc2sc(S(=O)(=O)NC(=O)Nc3c(-c4ccnc(OC5COC5)c4)ccc4c3CCC4)cc2C1.[Na]. The van der Waals surface area contributed by atoms with Crippen LogP contribution in [0.4, 0.5) is 10.5 Å². The van der Waals surface area contributed by atoms with Crippen molar-refractivity contribution in [1.29, 1.82) is 0 Å². The molecule has 3 aromatic rings. The Kier molecular flexibility index (Phi) is 8.16. The molecule has 2 N–H and O–H groups in total. The van der Waals surface area contributed by atoms with E-state index in [1.165, 1.54) is 11.3 Å². The second-order valence-corrected chi connectivity index (χ2v) is 12.7. The quantitative estimate of drug-likeness (QED) is 0.444. The van der Waals surface area contributed by atoms with Gasteiger partial charge in [0.25, 0.3) is 10.0 Å². The Bertz CT molecular complexity index is 1470. The van der Waals surface area contributed by atoms with E-state index in [2.05, 4.69) is 26.0 Å². The first kappa shape index (κ1) is 27.6. The third-order valence-electron chi connectivity index (χ3n) is 6.99. The fourth-order valence-electron chi connectivity index (χ4n) is 5.03. The van der Waals surface area contributed by atoms with Crippen LogP contribution in [0.3, 0.4) is 0 Å². The summed E-state index contributed by atoms with van der Waals surface area (Å²) in [5.74, 6) is 0.483. The van der Waals surface area contributed by atoms with Crippen LogP contribution in [-0.2, 0) is 40.6 Å². The number of aryl methyl sites for hydroxylation is 1. The molecule has 1 radical (unpaired) electrons. The summed E-state index contributed by atoms with van der Waals surface area (Å²) in [6.07, 6.45) is 5.18. The zero-order valence-electron chi connectivity index (χ0n) is 21.5. The average molecular weight is 564 g/mol. The Balaban J connectivity index is 0.00000294. The number of anilines is 1. The van der Waals surface area contributed by atoms with E-state index in [0.717, 1.165) is 64.9 Å². The fourth-order valence-corrected chi connectivity index (χ4v) is 7.49. The normalized spacial score (nSPS) is 17.1. The van der Waals surface area contributed by atoms with Crippen LogP contribution in [-0.4, -0.2) is 86.8 Å². The summed E-state index contributed by atoms with van der Waals surface area (Å²) in [5, 5.41) is 2.87. The Morgan fingerprint density at radius 2 is 2.00 bits per heavy atom. The molecule has 195 valence electrons. The summed E-state index contributed by atoms with van der Waals surface area (Å²) >= 11 is 1.24. The van der Waals surface area contributed by atoms with Crippen LogP contribution in [0.25, 0.3) is 11.1 Å². The predicted octanol–water partition coefficient (Wildman–Crippen LogP) is 3.19. The number of thiophene rings is 1. The van der Waals surface area contributed by atoms with Crippen molar-refractivity contribution in [2.45, 2.75) is 42.5 Å². The first-order valence-electron chi connectivity index (χ1n) is 12.4. The minimum absolute atomic E-state index is 0.